The first-order valence-corrected chi connectivity index (χ1v) is 4.90. The first-order valence-electron chi connectivity index (χ1n) is 4.90. The number of hydrogen-bond donors (Lipinski definition) is 0. The molecule has 2 heterocycles. The lowest BCUT2D eigenvalue weighted by Crippen LogP contribution is -2.03. The van der Waals surface area contributed by atoms with Gasteiger partial charge in [-0.3, -0.25) is 4.68 Å². The summed E-state index contributed by atoms with van der Waals surface area (Å²) in [4.78, 5) is 0. The second-order valence-corrected chi connectivity index (χ2v) is 3.74. The van der Waals surface area contributed by atoms with Crippen LogP contribution in [-0.4, -0.2) is 14.3 Å². The molecule has 0 saturated heterocycles. The molecule has 0 bridgehead atoms. The van der Waals surface area contributed by atoms with Crippen molar-refractivity contribution in [3.05, 3.63) is 42.5 Å². The van der Waals surface area contributed by atoms with Gasteiger partial charge >= 0.3 is 0 Å². The molecule has 3 nitrogen and oxygen atoms in total. The predicted octanol–water partition coefficient (Wildman–Crippen LogP) is 2.31. The zero-order valence-corrected chi connectivity index (χ0v) is 8.59. The van der Waals surface area contributed by atoms with E-state index in [2.05, 4.69) is 29.6 Å². The van der Waals surface area contributed by atoms with Gasteiger partial charge in [0.15, 0.2) is 0 Å². The van der Waals surface area contributed by atoms with Crippen LogP contribution in [0.2, 0.25) is 0 Å². The van der Waals surface area contributed by atoms with Crippen molar-refractivity contribution in [3.63, 3.8) is 0 Å². The van der Waals surface area contributed by atoms with Crippen molar-refractivity contribution in [3.8, 4) is 0 Å². The molecule has 0 aliphatic carbocycles. The summed E-state index contributed by atoms with van der Waals surface area (Å²) in [5.74, 6) is 0. The SMILES string of the molecule is CC(C)n1ccc(Cn2cccc2)n1. The van der Waals surface area contributed by atoms with E-state index in [1.807, 2.05) is 35.4 Å². The maximum Gasteiger partial charge on any atom is 0.0821 e. The lowest BCUT2D eigenvalue weighted by atomic mass is 10.4. The highest BCUT2D eigenvalue weighted by molar-refractivity contribution is 5.02. The quantitative estimate of drug-likeness (QED) is 0.726. The molecule has 0 radical (unpaired) electrons. The highest BCUT2D eigenvalue weighted by Crippen LogP contribution is 2.05. The summed E-state index contributed by atoms with van der Waals surface area (Å²) < 4.78 is 4.10. The summed E-state index contributed by atoms with van der Waals surface area (Å²) in [5, 5.41) is 4.48. The van der Waals surface area contributed by atoms with Crippen LogP contribution >= 0.6 is 0 Å². The van der Waals surface area contributed by atoms with E-state index >= 15 is 0 Å². The molecule has 0 saturated carbocycles. The Morgan fingerprint density at radius 2 is 1.93 bits per heavy atom. The molecule has 3 heteroatoms. The van der Waals surface area contributed by atoms with Crippen LogP contribution in [0, 0.1) is 0 Å². The third kappa shape index (κ3) is 1.87. The molecule has 2 aromatic rings. The first-order chi connectivity index (χ1) is 6.75. The van der Waals surface area contributed by atoms with Gasteiger partial charge in [-0.1, -0.05) is 0 Å². The van der Waals surface area contributed by atoms with E-state index in [1.54, 1.807) is 0 Å². The summed E-state index contributed by atoms with van der Waals surface area (Å²) >= 11 is 0. The van der Waals surface area contributed by atoms with E-state index in [1.165, 1.54) is 0 Å². The summed E-state index contributed by atoms with van der Waals surface area (Å²) in [7, 11) is 0. The molecule has 0 aliphatic heterocycles. The Hall–Kier alpha value is -1.51. The Morgan fingerprint density at radius 3 is 2.50 bits per heavy atom. The van der Waals surface area contributed by atoms with E-state index in [4.69, 9.17) is 0 Å². The zero-order chi connectivity index (χ0) is 9.97. The van der Waals surface area contributed by atoms with Gasteiger partial charge in [0.1, 0.15) is 0 Å². The van der Waals surface area contributed by atoms with Crippen LogP contribution < -0.4 is 0 Å². The average molecular weight is 189 g/mol. The summed E-state index contributed by atoms with van der Waals surface area (Å²) in [5.41, 5.74) is 1.11. The van der Waals surface area contributed by atoms with Crippen molar-refractivity contribution in [1.82, 2.24) is 14.3 Å². The largest absolute Gasteiger partial charge is 0.348 e. The molecule has 0 aromatic carbocycles. The Morgan fingerprint density at radius 1 is 1.21 bits per heavy atom. The molecule has 0 amide bonds. The van der Waals surface area contributed by atoms with Crippen LogP contribution in [0.15, 0.2) is 36.8 Å². The molecule has 0 N–H and O–H groups in total. The number of aromatic nitrogens is 3. The average Bonchev–Trinajstić information content (AvgIpc) is 2.75. The minimum absolute atomic E-state index is 0.438. The Bertz CT molecular complexity index is 384. The van der Waals surface area contributed by atoms with Crippen molar-refractivity contribution < 1.29 is 0 Å². The maximum atomic E-state index is 4.48. The van der Waals surface area contributed by atoms with E-state index in [9.17, 15) is 0 Å². The summed E-state index contributed by atoms with van der Waals surface area (Å²) in [6.45, 7) is 5.12. The number of hydrogen-bond acceptors (Lipinski definition) is 1. The molecule has 2 rings (SSSR count). The lowest BCUT2D eigenvalue weighted by molar-refractivity contribution is 0.524. The smallest absolute Gasteiger partial charge is 0.0821 e. The second-order valence-electron chi connectivity index (χ2n) is 3.74. The molecule has 0 unspecified atom stereocenters. The molecule has 0 aliphatic rings. The van der Waals surface area contributed by atoms with Crippen LogP contribution in [0.4, 0.5) is 0 Å². The van der Waals surface area contributed by atoms with Gasteiger partial charge in [0.25, 0.3) is 0 Å². The Kier molecular flexibility index (Phi) is 2.39. The van der Waals surface area contributed by atoms with Crippen LogP contribution in [-0.2, 0) is 6.54 Å². The number of rotatable bonds is 3. The summed E-state index contributed by atoms with van der Waals surface area (Å²) in [6, 6.07) is 6.56. The van der Waals surface area contributed by atoms with Crippen LogP contribution in [0.25, 0.3) is 0 Å². The maximum absolute atomic E-state index is 4.48. The predicted molar refractivity (Wildman–Crippen MR) is 56.1 cm³/mol. The number of nitrogens with zero attached hydrogens (tertiary/aromatic N) is 3. The van der Waals surface area contributed by atoms with E-state index in [0.29, 0.717) is 6.04 Å². The van der Waals surface area contributed by atoms with Gasteiger partial charge in [0.05, 0.1) is 12.2 Å². The van der Waals surface area contributed by atoms with Gasteiger partial charge < -0.3 is 4.57 Å². The van der Waals surface area contributed by atoms with Gasteiger partial charge in [-0.25, -0.2) is 0 Å². The standard InChI is InChI=1S/C11H15N3/c1-10(2)14-8-5-11(12-14)9-13-6-3-4-7-13/h3-8,10H,9H2,1-2H3. The van der Waals surface area contributed by atoms with Crippen LogP contribution in [0.1, 0.15) is 25.6 Å². The lowest BCUT2D eigenvalue weighted by Gasteiger charge is -2.04. The normalized spacial score (nSPS) is 11.1. The van der Waals surface area contributed by atoms with Crippen molar-refractivity contribution in [2.45, 2.75) is 26.4 Å². The fourth-order valence-electron chi connectivity index (χ4n) is 1.41. The van der Waals surface area contributed by atoms with Gasteiger partial charge in [-0.2, -0.15) is 5.10 Å². The van der Waals surface area contributed by atoms with Crippen LogP contribution in [0.5, 0.6) is 0 Å². The molecule has 0 spiro atoms. The fraction of sp³-hybridized carbons (Fsp3) is 0.364. The minimum Gasteiger partial charge on any atom is -0.348 e. The molecule has 74 valence electrons. The van der Waals surface area contributed by atoms with Crippen molar-refractivity contribution in [1.29, 1.82) is 0 Å². The highest BCUT2D eigenvalue weighted by atomic mass is 15.3. The molecular weight excluding hydrogens is 174 g/mol. The summed E-state index contributed by atoms with van der Waals surface area (Å²) in [6.07, 6.45) is 6.13. The topological polar surface area (TPSA) is 22.8 Å². The third-order valence-corrected chi connectivity index (χ3v) is 2.20. The Labute approximate surface area is 84.0 Å². The monoisotopic (exact) mass is 189 g/mol. The van der Waals surface area contributed by atoms with Gasteiger partial charge in [-0.15, -0.1) is 0 Å². The van der Waals surface area contributed by atoms with Gasteiger partial charge in [-0.05, 0) is 32.0 Å². The Balaban J connectivity index is 2.11. The minimum atomic E-state index is 0.438. The van der Waals surface area contributed by atoms with Crippen molar-refractivity contribution >= 4 is 0 Å². The third-order valence-electron chi connectivity index (χ3n) is 2.20. The van der Waals surface area contributed by atoms with Crippen molar-refractivity contribution in [2.75, 3.05) is 0 Å². The van der Waals surface area contributed by atoms with E-state index in [-0.39, 0.29) is 0 Å². The van der Waals surface area contributed by atoms with Gasteiger partial charge in [0, 0.05) is 24.6 Å². The fourth-order valence-corrected chi connectivity index (χ4v) is 1.41. The van der Waals surface area contributed by atoms with Crippen molar-refractivity contribution in [2.24, 2.45) is 0 Å². The van der Waals surface area contributed by atoms with E-state index < -0.39 is 0 Å². The first kappa shape index (κ1) is 9.06. The molecule has 0 atom stereocenters. The molecule has 0 fully saturated rings. The highest BCUT2D eigenvalue weighted by Gasteiger charge is 2.01. The van der Waals surface area contributed by atoms with Crippen LogP contribution in [0.3, 0.4) is 0 Å². The zero-order valence-electron chi connectivity index (χ0n) is 8.59. The molecule has 2 aromatic heterocycles. The van der Waals surface area contributed by atoms with Gasteiger partial charge in [0.2, 0.25) is 0 Å². The molecular formula is C11H15N3. The van der Waals surface area contributed by atoms with E-state index in [0.717, 1.165) is 12.2 Å². The molecule has 14 heavy (non-hydrogen) atoms. The second kappa shape index (κ2) is 3.70.